The molecule has 144 valence electrons. The average molecular weight is 376 g/mol. The molecule has 0 spiro atoms. The summed E-state index contributed by atoms with van der Waals surface area (Å²) in [5.41, 5.74) is 3.12. The molecule has 2 aromatic carbocycles. The summed E-state index contributed by atoms with van der Waals surface area (Å²) in [7, 11) is 2.14. The second kappa shape index (κ2) is 8.21. The molecule has 0 aliphatic carbocycles. The number of nitrogens with zero attached hydrogens (tertiary/aromatic N) is 6. The number of rotatable bonds is 5. The fourth-order valence-electron chi connectivity index (χ4n) is 3.71. The van der Waals surface area contributed by atoms with E-state index in [2.05, 4.69) is 51.7 Å². The molecule has 0 atom stereocenters. The minimum Gasteiger partial charge on any atom is -0.371 e. The van der Waals surface area contributed by atoms with Crippen molar-refractivity contribution in [2.75, 3.05) is 25.0 Å². The normalized spacial score (nSPS) is 14.8. The highest BCUT2D eigenvalue weighted by Gasteiger charge is 2.25. The van der Waals surface area contributed by atoms with E-state index in [0.29, 0.717) is 12.5 Å². The molecule has 2 heterocycles. The third-order valence-corrected chi connectivity index (χ3v) is 5.43. The first-order valence-electron chi connectivity index (χ1n) is 9.58. The average Bonchev–Trinajstić information content (AvgIpc) is 3.29. The number of hydrogen-bond acceptors (Lipinski definition) is 5. The van der Waals surface area contributed by atoms with Gasteiger partial charge in [-0.2, -0.15) is 0 Å². The summed E-state index contributed by atoms with van der Waals surface area (Å²) in [6, 6.07) is 18.7. The first-order valence-corrected chi connectivity index (χ1v) is 9.58. The molecule has 1 aliphatic rings. The Balaban J connectivity index is 1.30. The van der Waals surface area contributed by atoms with Crippen molar-refractivity contribution in [3.8, 4) is 5.69 Å². The van der Waals surface area contributed by atoms with Crippen LogP contribution in [0.4, 0.5) is 5.69 Å². The monoisotopic (exact) mass is 376 g/mol. The van der Waals surface area contributed by atoms with E-state index >= 15 is 0 Å². The minimum atomic E-state index is 0.191. The number of amides is 1. The quantitative estimate of drug-likeness (QED) is 0.684. The van der Waals surface area contributed by atoms with E-state index in [4.69, 9.17) is 0 Å². The summed E-state index contributed by atoms with van der Waals surface area (Å²) in [5, 5.41) is 11.1. The first-order chi connectivity index (χ1) is 13.7. The van der Waals surface area contributed by atoms with Crippen LogP contribution in [0.5, 0.6) is 0 Å². The van der Waals surface area contributed by atoms with Gasteiger partial charge in [-0.3, -0.25) is 4.79 Å². The van der Waals surface area contributed by atoms with Crippen molar-refractivity contribution < 1.29 is 4.79 Å². The van der Waals surface area contributed by atoms with Crippen molar-refractivity contribution in [3.05, 3.63) is 66.5 Å². The van der Waals surface area contributed by atoms with Crippen LogP contribution in [0.3, 0.4) is 0 Å². The second-order valence-corrected chi connectivity index (χ2v) is 7.16. The molecule has 7 heteroatoms. The molecule has 1 fully saturated rings. The predicted molar refractivity (Wildman–Crippen MR) is 107 cm³/mol. The lowest BCUT2D eigenvalue weighted by molar-refractivity contribution is -0.131. The highest BCUT2D eigenvalue weighted by molar-refractivity contribution is 5.79. The minimum absolute atomic E-state index is 0.191. The Morgan fingerprint density at radius 1 is 1.07 bits per heavy atom. The van der Waals surface area contributed by atoms with E-state index in [9.17, 15) is 4.79 Å². The summed E-state index contributed by atoms with van der Waals surface area (Å²) in [5.74, 6) is 0.191. The van der Waals surface area contributed by atoms with Crippen LogP contribution >= 0.6 is 0 Å². The molecule has 4 rings (SSSR count). The summed E-state index contributed by atoms with van der Waals surface area (Å²) in [6.07, 6.45) is 3.97. The van der Waals surface area contributed by atoms with Crippen LogP contribution in [0.25, 0.3) is 5.69 Å². The number of hydrogen-bond donors (Lipinski definition) is 0. The Kier molecular flexibility index (Phi) is 5.32. The maximum Gasteiger partial charge on any atom is 0.226 e. The van der Waals surface area contributed by atoms with Gasteiger partial charge in [-0.15, -0.1) is 5.10 Å². The van der Waals surface area contributed by atoms with E-state index in [-0.39, 0.29) is 5.91 Å². The molecule has 1 saturated heterocycles. The molecular formula is C21H24N6O. The lowest BCUT2D eigenvalue weighted by Gasteiger charge is -2.38. The van der Waals surface area contributed by atoms with Crippen molar-refractivity contribution in [2.24, 2.45) is 0 Å². The Labute approximate surface area is 164 Å². The summed E-state index contributed by atoms with van der Waals surface area (Å²) < 4.78 is 1.60. The zero-order valence-electron chi connectivity index (χ0n) is 16.0. The maximum atomic E-state index is 12.7. The van der Waals surface area contributed by atoms with Crippen LogP contribution in [0.1, 0.15) is 18.4 Å². The van der Waals surface area contributed by atoms with Gasteiger partial charge in [0.15, 0.2) is 0 Å². The SMILES string of the molecule is CN(c1ccccc1)C1CCN(C(=O)Cc2ccc(-n3cnnn3)cc2)CC1. The lowest BCUT2D eigenvalue weighted by Crippen LogP contribution is -2.46. The predicted octanol–water partition coefficient (Wildman–Crippen LogP) is 2.33. The zero-order chi connectivity index (χ0) is 19.3. The van der Waals surface area contributed by atoms with Gasteiger partial charge >= 0.3 is 0 Å². The second-order valence-electron chi connectivity index (χ2n) is 7.16. The third-order valence-electron chi connectivity index (χ3n) is 5.43. The van der Waals surface area contributed by atoms with Gasteiger partial charge in [-0.1, -0.05) is 30.3 Å². The number of likely N-dealkylation sites (tertiary alicyclic amines) is 1. The first kappa shape index (κ1) is 18.2. The number of tetrazole rings is 1. The molecule has 28 heavy (non-hydrogen) atoms. The van der Waals surface area contributed by atoms with Gasteiger partial charge in [0.2, 0.25) is 5.91 Å². The highest BCUT2D eigenvalue weighted by Crippen LogP contribution is 2.22. The topological polar surface area (TPSA) is 67.2 Å². The Hall–Kier alpha value is -3.22. The van der Waals surface area contributed by atoms with Gasteiger partial charge in [0.05, 0.1) is 12.1 Å². The largest absolute Gasteiger partial charge is 0.371 e. The summed E-state index contributed by atoms with van der Waals surface area (Å²) in [6.45, 7) is 1.62. The zero-order valence-corrected chi connectivity index (χ0v) is 16.0. The van der Waals surface area contributed by atoms with Crippen LogP contribution in [-0.4, -0.2) is 57.2 Å². The van der Waals surface area contributed by atoms with Crippen LogP contribution in [0, 0.1) is 0 Å². The van der Waals surface area contributed by atoms with Gasteiger partial charge in [-0.05, 0) is 53.1 Å². The number of anilines is 1. The smallest absolute Gasteiger partial charge is 0.226 e. The number of benzene rings is 2. The summed E-state index contributed by atoms with van der Waals surface area (Å²) in [4.78, 5) is 17.0. The third kappa shape index (κ3) is 4.03. The molecule has 0 bridgehead atoms. The maximum absolute atomic E-state index is 12.7. The van der Waals surface area contributed by atoms with Crippen molar-refractivity contribution in [2.45, 2.75) is 25.3 Å². The molecule has 7 nitrogen and oxygen atoms in total. The van der Waals surface area contributed by atoms with E-state index in [1.807, 2.05) is 35.2 Å². The number of para-hydroxylation sites is 1. The van der Waals surface area contributed by atoms with Crippen LogP contribution in [0.15, 0.2) is 60.9 Å². The van der Waals surface area contributed by atoms with Crippen LogP contribution in [-0.2, 0) is 11.2 Å². The van der Waals surface area contributed by atoms with Crippen LogP contribution in [0.2, 0.25) is 0 Å². The van der Waals surface area contributed by atoms with Gasteiger partial charge in [0, 0.05) is 31.9 Å². The highest BCUT2D eigenvalue weighted by atomic mass is 16.2. The van der Waals surface area contributed by atoms with Crippen molar-refractivity contribution in [1.29, 1.82) is 0 Å². The molecule has 1 aromatic heterocycles. The molecule has 0 N–H and O–H groups in total. The van der Waals surface area contributed by atoms with Gasteiger partial charge < -0.3 is 9.80 Å². The number of piperidine rings is 1. The van der Waals surface area contributed by atoms with Crippen molar-refractivity contribution in [1.82, 2.24) is 25.1 Å². The molecule has 0 saturated carbocycles. The van der Waals surface area contributed by atoms with Gasteiger partial charge in [0.25, 0.3) is 0 Å². The fraction of sp³-hybridized carbons (Fsp3) is 0.333. The Morgan fingerprint density at radius 2 is 1.79 bits per heavy atom. The fourth-order valence-corrected chi connectivity index (χ4v) is 3.71. The molecule has 1 aliphatic heterocycles. The molecule has 3 aromatic rings. The van der Waals surface area contributed by atoms with E-state index in [0.717, 1.165) is 37.2 Å². The van der Waals surface area contributed by atoms with Crippen LogP contribution < -0.4 is 4.90 Å². The lowest BCUT2D eigenvalue weighted by atomic mass is 10.0. The van der Waals surface area contributed by atoms with E-state index in [1.54, 1.807) is 11.0 Å². The molecular weight excluding hydrogens is 352 g/mol. The number of carbonyl (C=O) groups excluding carboxylic acids is 1. The van der Waals surface area contributed by atoms with E-state index in [1.165, 1.54) is 5.69 Å². The molecule has 0 radical (unpaired) electrons. The number of aromatic nitrogens is 4. The van der Waals surface area contributed by atoms with Crippen molar-refractivity contribution >= 4 is 11.6 Å². The van der Waals surface area contributed by atoms with Gasteiger partial charge in [0.1, 0.15) is 6.33 Å². The van der Waals surface area contributed by atoms with Crippen molar-refractivity contribution in [3.63, 3.8) is 0 Å². The number of carbonyl (C=O) groups is 1. The Bertz CT molecular complexity index is 886. The Morgan fingerprint density at radius 3 is 2.43 bits per heavy atom. The standard InChI is InChI=1S/C21H24N6O/c1-25(18-5-3-2-4-6-18)19-11-13-26(14-12-19)21(28)15-17-7-9-20(10-8-17)27-16-22-23-24-27/h2-10,16,19H,11-15H2,1H3. The molecule has 1 amide bonds. The molecule has 0 unspecified atom stereocenters. The van der Waals surface area contributed by atoms with E-state index < -0.39 is 0 Å². The van der Waals surface area contributed by atoms with Gasteiger partial charge in [-0.25, -0.2) is 4.68 Å². The summed E-state index contributed by atoms with van der Waals surface area (Å²) >= 11 is 0.